The lowest BCUT2D eigenvalue weighted by atomic mass is 9.92. The quantitative estimate of drug-likeness (QED) is 0.902. The number of hydrogen-bond donors (Lipinski definition) is 1. The van der Waals surface area contributed by atoms with Crippen molar-refractivity contribution in [3.8, 4) is 5.75 Å². The van der Waals surface area contributed by atoms with Crippen LogP contribution in [0.4, 0.5) is 0 Å². The standard InChI is InChI=1S/C16H15BrO3/c1-20-14-8-4-12(5-9-14)15(16(18)19)10-11-2-6-13(17)7-3-11/h2-9,15H,10H2,1H3,(H,18,19). The number of rotatable bonds is 5. The van der Waals surface area contributed by atoms with E-state index in [2.05, 4.69) is 15.9 Å². The highest BCUT2D eigenvalue weighted by atomic mass is 79.9. The topological polar surface area (TPSA) is 46.5 Å². The molecule has 0 spiro atoms. The molecule has 2 aromatic rings. The van der Waals surface area contributed by atoms with Gasteiger partial charge >= 0.3 is 5.97 Å². The number of carboxylic acids is 1. The Kier molecular flexibility index (Phi) is 4.79. The van der Waals surface area contributed by atoms with Gasteiger partial charge in [-0.1, -0.05) is 40.2 Å². The van der Waals surface area contributed by atoms with E-state index in [1.165, 1.54) is 0 Å². The van der Waals surface area contributed by atoms with Crippen molar-refractivity contribution in [2.24, 2.45) is 0 Å². The van der Waals surface area contributed by atoms with Gasteiger partial charge in [0, 0.05) is 4.47 Å². The zero-order valence-corrected chi connectivity index (χ0v) is 12.6. The van der Waals surface area contributed by atoms with E-state index >= 15 is 0 Å². The van der Waals surface area contributed by atoms with Gasteiger partial charge in [-0.25, -0.2) is 0 Å². The summed E-state index contributed by atoms with van der Waals surface area (Å²) < 4.78 is 6.07. The lowest BCUT2D eigenvalue weighted by molar-refractivity contribution is -0.138. The average Bonchev–Trinajstić information content (AvgIpc) is 2.46. The molecular weight excluding hydrogens is 320 g/mol. The van der Waals surface area contributed by atoms with Crippen molar-refractivity contribution in [1.82, 2.24) is 0 Å². The zero-order valence-electron chi connectivity index (χ0n) is 11.0. The number of halogens is 1. The fourth-order valence-corrected chi connectivity index (χ4v) is 2.30. The van der Waals surface area contributed by atoms with Gasteiger partial charge in [-0.05, 0) is 41.8 Å². The van der Waals surface area contributed by atoms with Gasteiger partial charge in [0.2, 0.25) is 0 Å². The average molecular weight is 335 g/mol. The maximum atomic E-state index is 11.5. The molecule has 0 aliphatic heterocycles. The second kappa shape index (κ2) is 6.57. The Morgan fingerprint density at radius 2 is 1.75 bits per heavy atom. The maximum Gasteiger partial charge on any atom is 0.311 e. The largest absolute Gasteiger partial charge is 0.497 e. The predicted molar refractivity (Wildman–Crippen MR) is 81.2 cm³/mol. The highest BCUT2D eigenvalue weighted by Crippen LogP contribution is 2.24. The van der Waals surface area contributed by atoms with Crippen LogP contribution < -0.4 is 4.74 Å². The summed E-state index contributed by atoms with van der Waals surface area (Å²) in [4.78, 5) is 11.5. The number of ether oxygens (including phenoxy) is 1. The van der Waals surface area contributed by atoms with E-state index in [0.717, 1.165) is 21.3 Å². The normalized spacial score (nSPS) is 11.9. The van der Waals surface area contributed by atoms with E-state index in [-0.39, 0.29) is 0 Å². The first kappa shape index (κ1) is 14.6. The molecule has 0 saturated heterocycles. The summed E-state index contributed by atoms with van der Waals surface area (Å²) in [6, 6.07) is 14.9. The fraction of sp³-hybridized carbons (Fsp3) is 0.188. The molecule has 2 rings (SSSR count). The third kappa shape index (κ3) is 3.61. The fourth-order valence-electron chi connectivity index (χ4n) is 2.04. The number of aliphatic carboxylic acids is 1. The SMILES string of the molecule is COc1ccc(C(Cc2ccc(Br)cc2)C(=O)O)cc1. The van der Waals surface area contributed by atoms with Gasteiger partial charge < -0.3 is 9.84 Å². The molecule has 1 N–H and O–H groups in total. The summed E-state index contributed by atoms with van der Waals surface area (Å²) >= 11 is 3.37. The van der Waals surface area contributed by atoms with Gasteiger partial charge in [0.05, 0.1) is 13.0 Å². The second-order valence-corrected chi connectivity index (χ2v) is 5.41. The summed E-state index contributed by atoms with van der Waals surface area (Å²) in [5.74, 6) is -0.651. The number of carbonyl (C=O) groups is 1. The van der Waals surface area contributed by atoms with Gasteiger partial charge in [-0.3, -0.25) is 4.79 Å². The first-order valence-electron chi connectivity index (χ1n) is 6.21. The predicted octanol–water partition coefficient (Wildman–Crippen LogP) is 3.87. The molecular formula is C16H15BrO3. The van der Waals surface area contributed by atoms with Crippen LogP contribution in [0.25, 0.3) is 0 Å². The highest BCUT2D eigenvalue weighted by Gasteiger charge is 2.20. The Labute approximate surface area is 126 Å². The van der Waals surface area contributed by atoms with Crippen LogP contribution in [0.15, 0.2) is 53.0 Å². The van der Waals surface area contributed by atoms with Crippen LogP contribution in [0.1, 0.15) is 17.0 Å². The molecule has 0 radical (unpaired) electrons. The lowest BCUT2D eigenvalue weighted by Crippen LogP contribution is -2.14. The van der Waals surface area contributed by atoms with Crippen LogP contribution in [0.5, 0.6) is 5.75 Å². The van der Waals surface area contributed by atoms with Gasteiger partial charge in [0.1, 0.15) is 5.75 Å². The monoisotopic (exact) mass is 334 g/mol. The lowest BCUT2D eigenvalue weighted by Gasteiger charge is -2.13. The molecule has 0 fully saturated rings. The Hall–Kier alpha value is -1.81. The Bertz CT molecular complexity index is 576. The molecule has 104 valence electrons. The van der Waals surface area contributed by atoms with E-state index < -0.39 is 11.9 Å². The van der Waals surface area contributed by atoms with Crippen molar-refractivity contribution in [3.63, 3.8) is 0 Å². The van der Waals surface area contributed by atoms with Gasteiger partial charge in [0.25, 0.3) is 0 Å². The Balaban J connectivity index is 2.22. The van der Waals surface area contributed by atoms with Crippen LogP contribution in [-0.4, -0.2) is 18.2 Å². The number of carboxylic acid groups (broad SMARTS) is 1. The van der Waals surface area contributed by atoms with Crippen molar-refractivity contribution in [1.29, 1.82) is 0 Å². The van der Waals surface area contributed by atoms with Crippen molar-refractivity contribution >= 4 is 21.9 Å². The van der Waals surface area contributed by atoms with E-state index in [9.17, 15) is 9.90 Å². The molecule has 0 aromatic heterocycles. The summed E-state index contributed by atoms with van der Waals surface area (Å²) in [5, 5.41) is 9.43. The molecule has 4 heteroatoms. The second-order valence-electron chi connectivity index (χ2n) is 4.49. The van der Waals surface area contributed by atoms with Crippen LogP contribution in [-0.2, 0) is 11.2 Å². The van der Waals surface area contributed by atoms with Gasteiger partial charge in [0.15, 0.2) is 0 Å². The van der Waals surface area contributed by atoms with Crippen molar-refractivity contribution < 1.29 is 14.6 Å². The minimum Gasteiger partial charge on any atom is -0.497 e. The van der Waals surface area contributed by atoms with Gasteiger partial charge in [-0.2, -0.15) is 0 Å². The third-order valence-electron chi connectivity index (χ3n) is 3.17. The minimum atomic E-state index is -0.821. The Morgan fingerprint density at radius 3 is 2.25 bits per heavy atom. The van der Waals surface area contributed by atoms with E-state index in [1.54, 1.807) is 31.4 Å². The minimum absolute atomic E-state index is 0.467. The third-order valence-corrected chi connectivity index (χ3v) is 3.70. The number of methoxy groups -OCH3 is 1. The van der Waals surface area contributed by atoms with Gasteiger partial charge in [-0.15, -0.1) is 0 Å². The molecule has 0 aliphatic carbocycles. The smallest absolute Gasteiger partial charge is 0.311 e. The van der Waals surface area contributed by atoms with Crippen molar-refractivity contribution in [3.05, 3.63) is 64.1 Å². The van der Waals surface area contributed by atoms with Crippen LogP contribution >= 0.6 is 15.9 Å². The van der Waals surface area contributed by atoms with E-state index in [4.69, 9.17) is 4.74 Å². The molecule has 0 saturated carbocycles. The molecule has 3 nitrogen and oxygen atoms in total. The highest BCUT2D eigenvalue weighted by molar-refractivity contribution is 9.10. The molecule has 0 amide bonds. The molecule has 0 heterocycles. The summed E-state index contributed by atoms with van der Waals surface area (Å²) in [7, 11) is 1.59. The van der Waals surface area contributed by atoms with Crippen LogP contribution in [0.2, 0.25) is 0 Å². The molecule has 20 heavy (non-hydrogen) atoms. The first-order chi connectivity index (χ1) is 9.60. The molecule has 1 atom stereocenters. The molecule has 0 bridgehead atoms. The molecule has 0 aliphatic rings. The van der Waals surface area contributed by atoms with Crippen molar-refractivity contribution in [2.45, 2.75) is 12.3 Å². The van der Waals surface area contributed by atoms with E-state index in [1.807, 2.05) is 24.3 Å². The summed E-state index contributed by atoms with van der Waals surface area (Å²) in [5.41, 5.74) is 1.78. The zero-order chi connectivity index (χ0) is 14.5. The maximum absolute atomic E-state index is 11.5. The molecule has 1 unspecified atom stereocenters. The Morgan fingerprint density at radius 1 is 1.15 bits per heavy atom. The van der Waals surface area contributed by atoms with Crippen molar-refractivity contribution in [2.75, 3.05) is 7.11 Å². The summed E-state index contributed by atoms with van der Waals surface area (Å²) in [6.45, 7) is 0. The first-order valence-corrected chi connectivity index (χ1v) is 7.00. The molecule has 2 aromatic carbocycles. The number of benzene rings is 2. The summed E-state index contributed by atoms with van der Waals surface area (Å²) in [6.07, 6.45) is 0.467. The number of hydrogen-bond acceptors (Lipinski definition) is 2. The van der Waals surface area contributed by atoms with E-state index in [0.29, 0.717) is 6.42 Å². The van der Waals surface area contributed by atoms with Crippen LogP contribution in [0, 0.1) is 0 Å². The van der Waals surface area contributed by atoms with Crippen LogP contribution in [0.3, 0.4) is 0 Å².